The van der Waals surface area contributed by atoms with Crippen molar-refractivity contribution in [1.29, 1.82) is 0 Å². The lowest BCUT2D eigenvalue weighted by molar-refractivity contribution is -0.120. The predicted molar refractivity (Wildman–Crippen MR) is 120 cm³/mol. The van der Waals surface area contributed by atoms with Gasteiger partial charge in [-0.25, -0.2) is 4.68 Å². The molecule has 1 N–H and O–H groups in total. The Morgan fingerprint density at radius 1 is 1.00 bits per heavy atom. The average molecular weight is 435 g/mol. The van der Waals surface area contributed by atoms with Gasteiger partial charge in [-0.3, -0.25) is 19.3 Å². The molecule has 158 valence electrons. The number of benzene rings is 2. The molecule has 0 saturated heterocycles. The number of thioether (sulfide) groups is 1. The maximum Gasteiger partial charge on any atom is 0.262 e. The van der Waals surface area contributed by atoms with E-state index in [4.69, 9.17) is 0 Å². The van der Waals surface area contributed by atoms with Gasteiger partial charge in [-0.05, 0) is 36.1 Å². The minimum atomic E-state index is -0.903. The number of nitrogens with zero attached hydrogens (tertiary/aromatic N) is 3. The molecule has 4 rings (SSSR count). The number of amides is 3. The lowest BCUT2D eigenvalue weighted by Crippen LogP contribution is -2.47. The molecule has 31 heavy (non-hydrogen) atoms. The average Bonchev–Trinajstić information content (AvgIpc) is 3.32. The summed E-state index contributed by atoms with van der Waals surface area (Å²) in [7, 11) is 0. The molecular formula is C23H22N4O3S. The van der Waals surface area contributed by atoms with Gasteiger partial charge in [-0.1, -0.05) is 42.5 Å². The number of aromatic nitrogens is 2. The number of anilines is 1. The summed E-state index contributed by atoms with van der Waals surface area (Å²) < 4.78 is 1.68. The molecule has 1 atom stereocenters. The molecular weight excluding hydrogens is 412 g/mol. The van der Waals surface area contributed by atoms with E-state index in [0.29, 0.717) is 35.7 Å². The number of carbonyl (C=O) groups is 3. The summed E-state index contributed by atoms with van der Waals surface area (Å²) >= 11 is 1.56. The van der Waals surface area contributed by atoms with Gasteiger partial charge < -0.3 is 5.32 Å². The van der Waals surface area contributed by atoms with Gasteiger partial charge >= 0.3 is 0 Å². The Morgan fingerprint density at radius 3 is 2.29 bits per heavy atom. The molecule has 1 aliphatic heterocycles. The first-order valence-electron chi connectivity index (χ1n) is 9.92. The van der Waals surface area contributed by atoms with Crippen molar-refractivity contribution in [3.63, 3.8) is 0 Å². The molecule has 0 fully saturated rings. The van der Waals surface area contributed by atoms with Gasteiger partial charge in [0, 0.05) is 6.07 Å². The van der Waals surface area contributed by atoms with Crippen LogP contribution in [0.5, 0.6) is 0 Å². The van der Waals surface area contributed by atoms with Crippen LogP contribution in [-0.2, 0) is 11.3 Å². The van der Waals surface area contributed by atoms with Crippen LogP contribution in [0.25, 0.3) is 0 Å². The first kappa shape index (κ1) is 20.9. The first-order valence-corrected chi connectivity index (χ1v) is 11.3. The van der Waals surface area contributed by atoms with Crippen LogP contribution in [0.4, 0.5) is 5.82 Å². The third-order valence-corrected chi connectivity index (χ3v) is 5.82. The van der Waals surface area contributed by atoms with Gasteiger partial charge in [-0.2, -0.15) is 16.9 Å². The van der Waals surface area contributed by atoms with Crippen molar-refractivity contribution in [1.82, 2.24) is 14.7 Å². The fourth-order valence-electron chi connectivity index (χ4n) is 3.63. The van der Waals surface area contributed by atoms with Gasteiger partial charge in [0.25, 0.3) is 11.8 Å². The minimum Gasteiger partial charge on any atom is -0.309 e. The zero-order valence-corrected chi connectivity index (χ0v) is 17.8. The van der Waals surface area contributed by atoms with E-state index in [-0.39, 0.29) is 0 Å². The number of rotatable bonds is 8. The maximum atomic E-state index is 13.2. The van der Waals surface area contributed by atoms with Crippen LogP contribution in [0.2, 0.25) is 0 Å². The smallest absolute Gasteiger partial charge is 0.262 e. The maximum absolute atomic E-state index is 13.2. The Balaban J connectivity index is 1.56. The fourth-order valence-corrected chi connectivity index (χ4v) is 4.09. The highest BCUT2D eigenvalue weighted by Crippen LogP contribution is 2.27. The molecule has 1 aliphatic rings. The van der Waals surface area contributed by atoms with Gasteiger partial charge in [0.15, 0.2) is 0 Å². The molecule has 2 heterocycles. The minimum absolute atomic E-state index is 0.337. The summed E-state index contributed by atoms with van der Waals surface area (Å²) in [6, 6.07) is 17.3. The highest BCUT2D eigenvalue weighted by atomic mass is 32.2. The standard InChI is InChI=1S/C23H22N4O3S/c1-31-14-12-19(27-22(29)17-9-5-6-10-18(17)23(27)30)21(28)25-20-11-13-24-26(20)15-16-7-3-2-4-8-16/h2-11,13,19H,12,14-15H2,1H3,(H,25,28). The third-order valence-electron chi connectivity index (χ3n) is 5.18. The monoisotopic (exact) mass is 434 g/mol. The summed E-state index contributed by atoms with van der Waals surface area (Å²) in [6.45, 7) is 0.492. The van der Waals surface area contributed by atoms with Crippen LogP contribution in [0.3, 0.4) is 0 Å². The number of hydrogen-bond acceptors (Lipinski definition) is 5. The molecule has 7 nitrogen and oxygen atoms in total. The third kappa shape index (κ3) is 4.25. The van der Waals surface area contributed by atoms with Crippen molar-refractivity contribution in [2.75, 3.05) is 17.3 Å². The molecule has 3 amide bonds. The Morgan fingerprint density at radius 2 is 1.65 bits per heavy atom. The number of fused-ring (bicyclic) bond motifs is 1. The molecule has 8 heteroatoms. The van der Waals surface area contributed by atoms with E-state index in [1.54, 1.807) is 53.0 Å². The fraction of sp³-hybridized carbons (Fsp3) is 0.217. The van der Waals surface area contributed by atoms with Gasteiger partial charge in [0.2, 0.25) is 5.91 Å². The molecule has 0 bridgehead atoms. The van der Waals surface area contributed by atoms with E-state index in [0.717, 1.165) is 10.5 Å². The van der Waals surface area contributed by atoms with Crippen molar-refractivity contribution in [3.8, 4) is 0 Å². The van der Waals surface area contributed by atoms with Crippen LogP contribution in [0, 0.1) is 0 Å². The summed E-state index contributed by atoms with van der Waals surface area (Å²) in [4.78, 5) is 40.2. The normalized spacial score (nSPS) is 13.9. The molecule has 0 radical (unpaired) electrons. The zero-order valence-electron chi connectivity index (χ0n) is 17.0. The highest BCUT2D eigenvalue weighted by Gasteiger charge is 2.42. The number of hydrogen-bond donors (Lipinski definition) is 1. The van der Waals surface area contributed by atoms with Crippen LogP contribution in [0.1, 0.15) is 32.7 Å². The van der Waals surface area contributed by atoms with Crippen molar-refractivity contribution in [3.05, 3.63) is 83.6 Å². The van der Waals surface area contributed by atoms with E-state index in [1.165, 1.54) is 0 Å². The van der Waals surface area contributed by atoms with Gasteiger partial charge in [-0.15, -0.1) is 0 Å². The van der Waals surface area contributed by atoms with Crippen LogP contribution >= 0.6 is 11.8 Å². The van der Waals surface area contributed by atoms with Crippen molar-refractivity contribution >= 4 is 35.3 Å². The first-order chi connectivity index (χ1) is 15.1. The Bertz CT molecular complexity index is 1080. The number of carbonyl (C=O) groups excluding carboxylic acids is 3. The Kier molecular flexibility index (Phi) is 6.18. The van der Waals surface area contributed by atoms with E-state index in [1.807, 2.05) is 36.6 Å². The van der Waals surface area contributed by atoms with Crippen molar-refractivity contribution < 1.29 is 14.4 Å². The summed E-state index contributed by atoms with van der Waals surface area (Å²) in [5, 5.41) is 7.17. The molecule has 0 spiro atoms. The van der Waals surface area contributed by atoms with Crippen LogP contribution in [0.15, 0.2) is 66.9 Å². The largest absolute Gasteiger partial charge is 0.309 e. The van der Waals surface area contributed by atoms with E-state index in [9.17, 15) is 14.4 Å². The highest BCUT2D eigenvalue weighted by molar-refractivity contribution is 7.98. The second-order valence-electron chi connectivity index (χ2n) is 7.17. The molecule has 0 aliphatic carbocycles. The second kappa shape index (κ2) is 9.18. The number of nitrogens with one attached hydrogen (secondary N) is 1. The molecule has 1 unspecified atom stereocenters. The van der Waals surface area contributed by atoms with Gasteiger partial charge in [0.1, 0.15) is 11.9 Å². The van der Waals surface area contributed by atoms with Crippen molar-refractivity contribution in [2.24, 2.45) is 0 Å². The molecule has 0 saturated carbocycles. The van der Waals surface area contributed by atoms with E-state index in [2.05, 4.69) is 10.4 Å². The Hall–Kier alpha value is -3.39. The van der Waals surface area contributed by atoms with E-state index >= 15 is 0 Å². The zero-order chi connectivity index (χ0) is 21.8. The summed E-state index contributed by atoms with van der Waals surface area (Å²) in [6.07, 6.45) is 3.90. The lowest BCUT2D eigenvalue weighted by Gasteiger charge is -2.25. The predicted octanol–water partition coefficient (Wildman–Crippen LogP) is 3.29. The topological polar surface area (TPSA) is 84.3 Å². The Labute approximate surface area is 184 Å². The molecule has 1 aromatic heterocycles. The molecule has 2 aromatic carbocycles. The van der Waals surface area contributed by atoms with E-state index < -0.39 is 23.8 Å². The quantitative estimate of drug-likeness (QED) is 0.550. The SMILES string of the molecule is CSCCC(C(=O)Nc1ccnn1Cc1ccccc1)N1C(=O)c2ccccc2C1=O. The van der Waals surface area contributed by atoms with Crippen LogP contribution < -0.4 is 5.32 Å². The lowest BCUT2D eigenvalue weighted by atomic mass is 10.1. The summed E-state index contributed by atoms with van der Waals surface area (Å²) in [5.41, 5.74) is 1.72. The number of imide groups is 1. The van der Waals surface area contributed by atoms with Crippen molar-refractivity contribution in [2.45, 2.75) is 19.0 Å². The second-order valence-corrected chi connectivity index (χ2v) is 8.16. The molecule has 3 aromatic rings. The van der Waals surface area contributed by atoms with Crippen LogP contribution in [-0.4, -0.2) is 50.5 Å². The van der Waals surface area contributed by atoms with Gasteiger partial charge in [0.05, 0.1) is 23.9 Å². The summed E-state index contributed by atoms with van der Waals surface area (Å²) in [5.74, 6) is -0.119.